The van der Waals surface area contributed by atoms with Crippen molar-refractivity contribution in [1.82, 2.24) is 0 Å². The molecule has 16 heavy (non-hydrogen) atoms. The average molecular weight is 219 g/mol. The van der Waals surface area contributed by atoms with E-state index in [1.165, 1.54) is 25.1 Å². The number of Topliss-reactive ketones (excluding diaryl/α,β-unsaturated/α-hetero) is 1. The van der Waals surface area contributed by atoms with Crippen LogP contribution in [-0.2, 0) is 0 Å². The number of ether oxygens (including phenoxy) is 1. The Hall–Kier alpha value is -2.35. The Morgan fingerprint density at radius 2 is 2.31 bits per heavy atom. The summed E-state index contributed by atoms with van der Waals surface area (Å²) in [5.74, 6) is 2.03. The van der Waals surface area contributed by atoms with Crippen molar-refractivity contribution in [3.8, 4) is 18.1 Å². The van der Waals surface area contributed by atoms with E-state index in [1.807, 2.05) is 0 Å². The summed E-state index contributed by atoms with van der Waals surface area (Å²) < 4.78 is 4.99. The van der Waals surface area contributed by atoms with Crippen molar-refractivity contribution >= 4 is 11.5 Å². The molecule has 0 fully saturated rings. The van der Waals surface area contributed by atoms with Crippen LogP contribution in [0.4, 0.5) is 5.69 Å². The van der Waals surface area contributed by atoms with E-state index in [9.17, 15) is 14.9 Å². The summed E-state index contributed by atoms with van der Waals surface area (Å²) in [5.41, 5.74) is 0.00251. The monoisotopic (exact) mass is 219 g/mol. The Labute approximate surface area is 92.2 Å². The molecule has 5 nitrogen and oxygen atoms in total. The van der Waals surface area contributed by atoms with Gasteiger partial charge in [-0.1, -0.05) is 5.92 Å². The first-order valence-electron chi connectivity index (χ1n) is 4.42. The predicted molar refractivity (Wildman–Crippen MR) is 57.4 cm³/mol. The molecule has 0 bridgehead atoms. The van der Waals surface area contributed by atoms with Gasteiger partial charge in [0.25, 0.3) is 0 Å². The van der Waals surface area contributed by atoms with Crippen LogP contribution in [0.3, 0.4) is 0 Å². The van der Waals surface area contributed by atoms with Crippen LogP contribution >= 0.6 is 0 Å². The molecule has 0 aromatic heterocycles. The number of terminal acetylenes is 1. The zero-order valence-corrected chi connectivity index (χ0v) is 8.60. The van der Waals surface area contributed by atoms with Gasteiger partial charge < -0.3 is 4.74 Å². The fourth-order valence-electron chi connectivity index (χ4n) is 1.12. The lowest BCUT2D eigenvalue weighted by molar-refractivity contribution is -0.385. The summed E-state index contributed by atoms with van der Waals surface area (Å²) in [5, 5.41) is 10.7. The van der Waals surface area contributed by atoms with Crippen molar-refractivity contribution in [2.45, 2.75) is 6.92 Å². The first-order chi connectivity index (χ1) is 7.56. The highest BCUT2D eigenvalue weighted by atomic mass is 16.6. The zero-order chi connectivity index (χ0) is 12.1. The van der Waals surface area contributed by atoms with E-state index in [0.717, 1.165) is 0 Å². The summed E-state index contributed by atoms with van der Waals surface area (Å²) in [7, 11) is 0. The second-order valence-electron chi connectivity index (χ2n) is 2.99. The third kappa shape index (κ3) is 2.58. The summed E-state index contributed by atoms with van der Waals surface area (Å²) in [4.78, 5) is 21.2. The Morgan fingerprint density at radius 3 is 2.81 bits per heavy atom. The summed E-state index contributed by atoms with van der Waals surface area (Å²) in [6, 6.07) is 4.00. The molecule has 0 aliphatic heterocycles. The highest BCUT2D eigenvalue weighted by Crippen LogP contribution is 2.27. The van der Waals surface area contributed by atoms with Gasteiger partial charge in [-0.25, -0.2) is 0 Å². The Bertz CT molecular complexity index is 473. The van der Waals surface area contributed by atoms with Gasteiger partial charge in [0.15, 0.2) is 11.5 Å². The topological polar surface area (TPSA) is 69.4 Å². The number of hydrogen-bond donors (Lipinski definition) is 0. The SMILES string of the molecule is C#CCOc1ccc(C(C)=O)cc1[N+](=O)[O-]. The van der Waals surface area contributed by atoms with E-state index in [4.69, 9.17) is 11.2 Å². The van der Waals surface area contributed by atoms with E-state index in [1.54, 1.807) is 0 Å². The molecule has 0 N–H and O–H groups in total. The minimum Gasteiger partial charge on any atom is -0.474 e. The third-order valence-electron chi connectivity index (χ3n) is 1.87. The first kappa shape index (κ1) is 11.7. The molecule has 0 saturated heterocycles. The summed E-state index contributed by atoms with van der Waals surface area (Å²) in [6.45, 7) is 1.28. The fourth-order valence-corrected chi connectivity index (χ4v) is 1.12. The quantitative estimate of drug-likeness (QED) is 0.335. The van der Waals surface area contributed by atoms with Crippen LogP contribution in [0.15, 0.2) is 18.2 Å². The molecule has 0 aliphatic carbocycles. The molecule has 0 radical (unpaired) electrons. The molecule has 1 aromatic carbocycles. The summed E-state index contributed by atoms with van der Waals surface area (Å²) in [6.07, 6.45) is 4.98. The molecule has 1 aromatic rings. The van der Waals surface area contributed by atoms with Gasteiger partial charge in [0.2, 0.25) is 0 Å². The van der Waals surface area contributed by atoms with E-state index in [2.05, 4.69) is 5.92 Å². The molecule has 0 unspecified atom stereocenters. The van der Waals surface area contributed by atoms with E-state index in [0.29, 0.717) is 0 Å². The third-order valence-corrected chi connectivity index (χ3v) is 1.87. The Kier molecular flexibility index (Phi) is 3.62. The molecule has 0 amide bonds. The van der Waals surface area contributed by atoms with Gasteiger partial charge in [-0.2, -0.15) is 0 Å². The predicted octanol–water partition coefficient (Wildman–Crippen LogP) is 1.81. The fraction of sp³-hybridized carbons (Fsp3) is 0.182. The molecule has 0 saturated carbocycles. The summed E-state index contributed by atoms with van der Waals surface area (Å²) >= 11 is 0. The van der Waals surface area contributed by atoms with Gasteiger partial charge >= 0.3 is 5.69 Å². The van der Waals surface area contributed by atoms with Gasteiger partial charge in [0, 0.05) is 11.6 Å². The highest BCUT2D eigenvalue weighted by molar-refractivity contribution is 5.95. The number of carbonyl (C=O) groups is 1. The van der Waals surface area contributed by atoms with Gasteiger partial charge in [-0.05, 0) is 19.1 Å². The highest BCUT2D eigenvalue weighted by Gasteiger charge is 2.16. The molecule has 0 spiro atoms. The van der Waals surface area contributed by atoms with Gasteiger partial charge in [0.05, 0.1) is 4.92 Å². The maximum Gasteiger partial charge on any atom is 0.311 e. The second-order valence-corrected chi connectivity index (χ2v) is 2.99. The largest absolute Gasteiger partial charge is 0.474 e. The van der Waals surface area contributed by atoms with Crippen molar-refractivity contribution in [3.05, 3.63) is 33.9 Å². The van der Waals surface area contributed by atoms with E-state index < -0.39 is 4.92 Å². The Balaban J connectivity index is 3.15. The van der Waals surface area contributed by atoms with Gasteiger partial charge in [0.1, 0.15) is 6.61 Å². The smallest absolute Gasteiger partial charge is 0.311 e. The number of nitrogens with zero attached hydrogens (tertiary/aromatic N) is 1. The normalized spacial score (nSPS) is 9.25. The lowest BCUT2D eigenvalue weighted by Gasteiger charge is -2.04. The van der Waals surface area contributed by atoms with Gasteiger partial charge in [-0.3, -0.25) is 14.9 Å². The van der Waals surface area contributed by atoms with Crippen LogP contribution in [0.2, 0.25) is 0 Å². The van der Waals surface area contributed by atoms with Gasteiger partial charge in [-0.15, -0.1) is 6.42 Å². The average Bonchev–Trinajstić information content (AvgIpc) is 2.25. The maximum atomic E-state index is 11.0. The first-order valence-corrected chi connectivity index (χ1v) is 4.42. The number of hydrogen-bond acceptors (Lipinski definition) is 4. The van der Waals surface area contributed by atoms with Crippen LogP contribution in [0.25, 0.3) is 0 Å². The lowest BCUT2D eigenvalue weighted by atomic mass is 10.1. The second kappa shape index (κ2) is 4.94. The molecule has 0 heterocycles. The van der Waals surface area contributed by atoms with E-state index in [-0.39, 0.29) is 29.4 Å². The molecule has 1 rings (SSSR count). The Morgan fingerprint density at radius 1 is 1.62 bits per heavy atom. The molecule has 0 atom stereocenters. The molecular weight excluding hydrogens is 210 g/mol. The van der Waals surface area contributed by atoms with Crippen LogP contribution in [0.1, 0.15) is 17.3 Å². The van der Waals surface area contributed by atoms with Crippen LogP contribution in [0, 0.1) is 22.5 Å². The van der Waals surface area contributed by atoms with Crippen molar-refractivity contribution in [1.29, 1.82) is 0 Å². The number of rotatable bonds is 4. The molecule has 82 valence electrons. The number of carbonyl (C=O) groups excluding carboxylic acids is 1. The van der Waals surface area contributed by atoms with Crippen molar-refractivity contribution in [2.24, 2.45) is 0 Å². The van der Waals surface area contributed by atoms with Crippen molar-refractivity contribution in [3.63, 3.8) is 0 Å². The lowest BCUT2D eigenvalue weighted by Crippen LogP contribution is -2.01. The number of ketones is 1. The number of benzene rings is 1. The molecular formula is C11H9NO4. The van der Waals surface area contributed by atoms with Crippen LogP contribution in [-0.4, -0.2) is 17.3 Å². The zero-order valence-electron chi connectivity index (χ0n) is 8.60. The maximum absolute atomic E-state index is 11.0. The molecule has 0 aliphatic rings. The van der Waals surface area contributed by atoms with E-state index >= 15 is 0 Å². The number of nitro benzene ring substituents is 1. The van der Waals surface area contributed by atoms with Crippen molar-refractivity contribution in [2.75, 3.05) is 6.61 Å². The van der Waals surface area contributed by atoms with Crippen LogP contribution < -0.4 is 4.74 Å². The minimum atomic E-state index is -0.613. The van der Waals surface area contributed by atoms with Crippen LogP contribution in [0.5, 0.6) is 5.75 Å². The molecule has 5 heteroatoms. The standard InChI is InChI=1S/C11H9NO4/c1-3-6-16-11-5-4-9(8(2)13)7-10(11)12(14)15/h1,4-5,7H,6H2,2H3. The van der Waals surface area contributed by atoms with Crippen molar-refractivity contribution < 1.29 is 14.5 Å². The minimum absolute atomic E-state index is 0.0553. The number of nitro groups is 1.